The van der Waals surface area contributed by atoms with Crippen LogP contribution in [0.25, 0.3) is 11.0 Å². The number of carbonyl (C=O) groups is 2. The molecule has 206 valence electrons. The summed E-state index contributed by atoms with van der Waals surface area (Å²) in [5.74, 6) is 1.15. The third kappa shape index (κ3) is 7.02. The summed E-state index contributed by atoms with van der Waals surface area (Å²) in [5, 5.41) is 6.95. The van der Waals surface area contributed by atoms with Gasteiger partial charge in [0.05, 0.1) is 16.6 Å². The molecule has 3 aromatic rings. The number of fused-ring (bicyclic) bond motifs is 1. The molecule has 0 bridgehead atoms. The lowest BCUT2D eigenvalue weighted by Gasteiger charge is -2.35. The Labute approximate surface area is 226 Å². The van der Waals surface area contributed by atoms with E-state index in [1.54, 1.807) is 29.3 Å². The number of H-pyrrole nitrogens is 1. The second-order valence-corrected chi connectivity index (χ2v) is 10.9. The first-order chi connectivity index (χ1) is 18.6. The third-order valence-corrected chi connectivity index (χ3v) is 6.45. The highest BCUT2D eigenvalue weighted by atomic mass is 16.7. The third-order valence-electron chi connectivity index (χ3n) is 6.45. The van der Waals surface area contributed by atoms with Gasteiger partial charge in [0.25, 0.3) is 0 Å². The molecule has 5 rings (SSSR count). The number of amidine groups is 1. The number of hydrogen-bond donors (Lipinski definition) is 3. The van der Waals surface area contributed by atoms with Gasteiger partial charge in [-0.2, -0.15) is 0 Å². The molecule has 1 aliphatic heterocycles. The van der Waals surface area contributed by atoms with Crippen molar-refractivity contribution in [3.63, 3.8) is 0 Å². The van der Waals surface area contributed by atoms with Crippen molar-refractivity contribution in [2.24, 2.45) is 16.8 Å². The molecule has 1 aromatic carbocycles. The number of anilines is 2. The van der Waals surface area contributed by atoms with E-state index in [9.17, 15) is 9.59 Å². The first kappa shape index (κ1) is 26.4. The van der Waals surface area contributed by atoms with Gasteiger partial charge >= 0.3 is 12.1 Å². The van der Waals surface area contributed by atoms with Crippen LogP contribution in [0.1, 0.15) is 49.5 Å². The minimum Gasteiger partial charge on any atom is -0.444 e. The van der Waals surface area contributed by atoms with Crippen molar-refractivity contribution in [1.29, 1.82) is 0 Å². The molecule has 0 atom stereocenters. The van der Waals surface area contributed by atoms with Crippen LogP contribution in [0.15, 0.2) is 41.7 Å². The van der Waals surface area contributed by atoms with E-state index in [1.807, 2.05) is 32.9 Å². The van der Waals surface area contributed by atoms with Gasteiger partial charge in [-0.05, 0) is 69.5 Å². The van der Waals surface area contributed by atoms with Crippen LogP contribution in [-0.2, 0) is 16.1 Å². The molecular formula is C27H34N8O4. The largest absolute Gasteiger partial charge is 0.444 e. The number of oxime groups is 1. The normalized spacial score (nSPS) is 16.8. The van der Waals surface area contributed by atoms with E-state index in [4.69, 9.17) is 15.3 Å². The lowest BCUT2D eigenvalue weighted by atomic mass is 10.2. The number of ether oxygens (including phenoxy) is 1. The van der Waals surface area contributed by atoms with Crippen LogP contribution < -0.4 is 11.1 Å². The van der Waals surface area contributed by atoms with Crippen molar-refractivity contribution in [2.75, 3.05) is 31.5 Å². The second kappa shape index (κ2) is 10.9. The van der Waals surface area contributed by atoms with Crippen LogP contribution in [0.4, 0.5) is 16.6 Å². The summed E-state index contributed by atoms with van der Waals surface area (Å²) in [4.78, 5) is 45.9. The Hall–Kier alpha value is -4.19. The number of pyridine rings is 1. The van der Waals surface area contributed by atoms with E-state index in [0.717, 1.165) is 38.0 Å². The topological polar surface area (TPSA) is 151 Å². The predicted octanol–water partition coefficient (Wildman–Crippen LogP) is 3.59. The van der Waals surface area contributed by atoms with Crippen LogP contribution in [0.2, 0.25) is 0 Å². The number of carbonyl (C=O) groups excluding carboxylic acids is 2. The number of aromatic nitrogens is 3. The number of amides is 1. The van der Waals surface area contributed by atoms with Crippen molar-refractivity contribution >= 4 is 40.7 Å². The molecule has 0 radical (unpaired) electrons. The van der Waals surface area contributed by atoms with Gasteiger partial charge in [0.15, 0.2) is 0 Å². The Morgan fingerprint density at radius 1 is 1.15 bits per heavy atom. The minimum absolute atomic E-state index is 0.225. The van der Waals surface area contributed by atoms with Gasteiger partial charge < -0.3 is 30.5 Å². The van der Waals surface area contributed by atoms with Gasteiger partial charge in [0, 0.05) is 44.8 Å². The number of benzene rings is 1. The minimum atomic E-state index is -0.578. The SMILES string of the molecule is CC(C)(C)OC(=O)N1CCN(Cc2ccnc(Nc3nc4ccc(C(=O)O/N=C(\N)C5CC5)cc4[nH]3)c2)CC1. The maximum atomic E-state index is 12.4. The van der Waals surface area contributed by atoms with Crippen LogP contribution in [0.3, 0.4) is 0 Å². The highest BCUT2D eigenvalue weighted by Gasteiger charge is 2.27. The van der Waals surface area contributed by atoms with Crippen molar-refractivity contribution in [2.45, 2.75) is 45.8 Å². The number of hydrogen-bond acceptors (Lipinski definition) is 9. The fourth-order valence-electron chi connectivity index (χ4n) is 4.23. The van der Waals surface area contributed by atoms with E-state index in [1.165, 1.54) is 0 Å². The zero-order valence-corrected chi connectivity index (χ0v) is 22.4. The lowest BCUT2D eigenvalue weighted by Crippen LogP contribution is -2.49. The summed E-state index contributed by atoms with van der Waals surface area (Å²) in [5.41, 5.74) is 8.09. The van der Waals surface area contributed by atoms with E-state index >= 15 is 0 Å². The molecule has 0 unspecified atom stereocenters. The molecule has 12 heteroatoms. The van der Waals surface area contributed by atoms with E-state index in [-0.39, 0.29) is 12.0 Å². The summed E-state index contributed by atoms with van der Waals surface area (Å²) in [7, 11) is 0. The highest BCUT2D eigenvalue weighted by molar-refractivity contribution is 5.94. The summed E-state index contributed by atoms with van der Waals surface area (Å²) >= 11 is 0. The first-order valence-electron chi connectivity index (χ1n) is 13.1. The van der Waals surface area contributed by atoms with Gasteiger partial charge in [0.1, 0.15) is 17.3 Å². The zero-order valence-electron chi connectivity index (χ0n) is 22.4. The van der Waals surface area contributed by atoms with Crippen LogP contribution in [-0.4, -0.2) is 74.4 Å². The fraction of sp³-hybridized carbons (Fsp3) is 0.444. The summed E-state index contributed by atoms with van der Waals surface area (Å²) in [6, 6.07) is 8.99. The predicted molar refractivity (Wildman–Crippen MR) is 146 cm³/mol. The maximum absolute atomic E-state index is 12.4. The number of imidazole rings is 1. The number of nitrogens with one attached hydrogen (secondary N) is 2. The highest BCUT2D eigenvalue weighted by Crippen LogP contribution is 2.29. The summed E-state index contributed by atoms with van der Waals surface area (Å²) < 4.78 is 5.48. The van der Waals surface area contributed by atoms with Gasteiger partial charge in [0.2, 0.25) is 5.95 Å². The molecule has 2 fully saturated rings. The second-order valence-electron chi connectivity index (χ2n) is 10.9. The number of piperazine rings is 1. The van der Waals surface area contributed by atoms with Crippen LogP contribution in [0.5, 0.6) is 0 Å². The van der Waals surface area contributed by atoms with Gasteiger partial charge in [-0.15, -0.1) is 0 Å². The van der Waals surface area contributed by atoms with Crippen LogP contribution in [0, 0.1) is 5.92 Å². The molecule has 1 amide bonds. The molecule has 3 heterocycles. The first-order valence-corrected chi connectivity index (χ1v) is 13.1. The monoisotopic (exact) mass is 534 g/mol. The Morgan fingerprint density at radius 3 is 2.64 bits per heavy atom. The molecule has 4 N–H and O–H groups in total. The van der Waals surface area contributed by atoms with Gasteiger partial charge in [-0.1, -0.05) is 5.16 Å². The molecule has 39 heavy (non-hydrogen) atoms. The Kier molecular flexibility index (Phi) is 7.38. The number of nitrogens with zero attached hydrogens (tertiary/aromatic N) is 5. The van der Waals surface area contributed by atoms with Crippen molar-refractivity contribution in [3.05, 3.63) is 47.7 Å². The quantitative estimate of drug-likeness (QED) is 0.179. The lowest BCUT2D eigenvalue weighted by molar-refractivity contribution is 0.0139. The Balaban J connectivity index is 1.17. The van der Waals surface area contributed by atoms with Crippen molar-refractivity contribution in [1.82, 2.24) is 24.8 Å². The van der Waals surface area contributed by atoms with Gasteiger partial charge in [-0.3, -0.25) is 4.90 Å². The number of nitrogens with two attached hydrogens (primary N) is 1. The molecular weight excluding hydrogens is 500 g/mol. The number of aromatic amines is 1. The molecule has 12 nitrogen and oxygen atoms in total. The van der Waals surface area contributed by atoms with E-state index < -0.39 is 11.6 Å². The molecule has 1 saturated heterocycles. The average molecular weight is 535 g/mol. The standard InChI is InChI=1S/C27H34N8O4/c1-27(2,3)38-26(37)35-12-10-34(11-13-35)16-17-8-9-29-22(14-17)32-25-30-20-7-6-19(15-21(20)31-25)24(36)39-33-23(28)18-4-5-18/h6-9,14-15,18H,4-5,10-13,16H2,1-3H3,(H2,28,33)(H2,29,30,31,32). The molecule has 2 aliphatic rings. The Morgan fingerprint density at radius 2 is 1.92 bits per heavy atom. The van der Waals surface area contributed by atoms with E-state index in [0.29, 0.717) is 47.3 Å². The van der Waals surface area contributed by atoms with Crippen molar-refractivity contribution < 1.29 is 19.2 Å². The fourth-order valence-corrected chi connectivity index (χ4v) is 4.23. The van der Waals surface area contributed by atoms with Crippen molar-refractivity contribution in [3.8, 4) is 0 Å². The van der Waals surface area contributed by atoms with E-state index in [2.05, 4.69) is 30.3 Å². The van der Waals surface area contributed by atoms with Gasteiger partial charge in [-0.25, -0.2) is 19.6 Å². The van der Waals surface area contributed by atoms with Crippen LogP contribution >= 0.6 is 0 Å². The average Bonchev–Trinajstić information content (AvgIpc) is 3.66. The molecule has 0 spiro atoms. The smallest absolute Gasteiger partial charge is 0.410 e. The number of rotatable bonds is 7. The summed E-state index contributed by atoms with van der Waals surface area (Å²) in [6.07, 6.45) is 3.44. The Bertz CT molecular complexity index is 1380. The molecule has 1 aliphatic carbocycles. The molecule has 1 saturated carbocycles. The summed E-state index contributed by atoms with van der Waals surface area (Å²) in [6.45, 7) is 9.13. The zero-order chi connectivity index (χ0) is 27.6. The molecule has 2 aromatic heterocycles. The maximum Gasteiger partial charge on any atom is 0.410 e.